The van der Waals surface area contributed by atoms with Crippen LogP contribution in [0.5, 0.6) is 0 Å². The number of carbonyl (C=O) groups excluding carboxylic acids is 1. The van der Waals surface area contributed by atoms with Crippen molar-refractivity contribution in [2.24, 2.45) is 0 Å². The molecule has 2 saturated heterocycles. The third-order valence-electron chi connectivity index (χ3n) is 9.58. The number of anilines is 1. The standard InChI is InChI=1S/C32H49N3O5SSeSi2/c1-20(2)43(21(3)4)38-26-16-13-18-32(26)29(39-44(40-43,22(5)6)23(7)8)28(42-25-14-11-10-12-15-25)30(41-32)35-19-17-27(33-24(9)36)34-31(35)37/h10-12,14-15,17,19-23,26,28-30H,13,16,18H2,1-9H3,(H,33,34,36,37)/t26-,28-,29+,30-,32+/m1/s1. The number of hydrogen-bond acceptors (Lipinski definition) is 7. The molecule has 242 valence electrons. The summed E-state index contributed by atoms with van der Waals surface area (Å²) in [5.74, 6) is 0.0250. The molecular formula is C32H49N3O5SSeSi2. The molecule has 1 saturated carbocycles. The third-order valence-corrected chi connectivity index (χ3v) is 24.9. The van der Waals surface area contributed by atoms with Gasteiger partial charge < -0.3 is 0 Å². The second-order valence-corrected chi connectivity index (χ2v) is 26.6. The van der Waals surface area contributed by atoms with E-state index in [1.807, 2.05) is 11.8 Å². The maximum absolute atomic E-state index is 13.7. The van der Waals surface area contributed by atoms with Crippen molar-refractivity contribution in [3.8, 4) is 0 Å². The molecule has 1 aliphatic carbocycles. The zero-order valence-electron chi connectivity index (χ0n) is 27.5. The van der Waals surface area contributed by atoms with Gasteiger partial charge in [0.15, 0.2) is 0 Å². The molecule has 44 heavy (non-hydrogen) atoms. The first kappa shape index (κ1) is 34.1. The fourth-order valence-electron chi connectivity index (χ4n) is 7.46. The van der Waals surface area contributed by atoms with Gasteiger partial charge in [0.2, 0.25) is 0 Å². The first-order valence-corrected chi connectivity index (χ1v) is 22.7. The van der Waals surface area contributed by atoms with Crippen LogP contribution in [0.3, 0.4) is 0 Å². The van der Waals surface area contributed by atoms with Gasteiger partial charge in [-0.15, -0.1) is 0 Å². The summed E-state index contributed by atoms with van der Waals surface area (Å²) in [5.41, 5.74) is 0.625. The molecule has 5 rings (SSSR count). The first-order valence-electron chi connectivity index (χ1n) is 16.1. The number of carbonyl (C=O) groups is 1. The van der Waals surface area contributed by atoms with Gasteiger partial charge in [0, 0.05) is 0 Å². The number of hydrogen-bond donors (Lipinski definition) is 1. The summed E-state index contributed by atoms with van der Waals surface area (Å²) in [6, 6.07) is 12.4. The van der Waals surface area contributed by atoms with E-state index in [9.17, 15) is 9.59 Å². The summed E-state index contributed by atoms with van der Waals surface area (Å²) in [6.07, 6.45) is 4.67. The van der Waals surface area contributed by atoms with E-state index < -0.39 is 17.1 Å². The van der Waals surface area contributed by atoms with Crippen LogP contribution in [0, 0.1) is 0 Å². The topological polar surface area (TPSA) is 91.7 Å². The molecule has 5 atom stereocenters. The maximum atomic E-state index is 13.7. The Morgan fingerprint density at radius 3 is 2.18 bits per heavy atom. The van der Waals surface area contributed by atoms with Crippen molar-refractivity contribution in [2.45, 2.75) is 131 Å². The van der Waals surface area contributed by atoms with Gasteiger partial charge in [0.05, 0.1) is 0 Å². The van der Waals surface area contributed by atoms with Crippen molar-refractivity contribution >= 4 is 60.0 Å². The molecule has 2 aromatic rings. The van der Waals surface area contributed by atoms with Gasteiger partial charge in [-0.25, -0.2) is 0 Å². The van der Waals surface area contributed by atoms with Crippen LogP contribution in [0.25, 0.3) is 0 Å². The van der Waals surface area contributed by atoms with Gasteiger partial charge in [-0.2, -0.15) is 0 Å². The second kappa shape index (κ2) is 13.1. The van der Waals surface area contributed by atoms with Gasteiger partial charge in [-0.1, -0.05) is 0 Å². The van der Waals surface area contributed by atoms with E-state index in [2.05, 4.69) is 96.0 Å². The number of rotatable bonds is 8. The Morgan fingerprint density at radius 2 is 1.61 bits per heavy atom. The number of amides is 1. The van der Waals surface area contributed by atoms with Crippen molar-refractivity contribution in [1.82, 2.24) is 9.55 Å². The van der Waals surface area contributed by atoms with Crippen LogP contribution in [0.15, 0.2) is 47.4 Å². The first-order chi connectivity index (χ1) is 20.8. The molecule has 3 fully saturated rings. The summed E-state index contributed by atoms with van der Waals surface area (Å²) in [7, 11) is -5.64. The van der Waals surface area contributed by atoms with Gasteiger partial charge >= 0.3 is 277 Å². The SMILES string of the molecule is CC(=O)Nc1ccn([C@@H]2S[C@@]34CCC[C@H]3O[Si](C(C)C)(C(C)C)O[Si](C(C)C)(C(C)C)O[C@H]4[C@H]2[Se]c2ccccc2)c(=O)n1. The van der Waals surface area contributed by atoms with Gasteiger partial charge in [0.1, 0.15) is 0 Å². The quantitative estimate of drug-likeness (QED) is 0.311. The van der Waals surface area contributed by atoms with E-state index in [4.69, 9.17) is 13.0 Å². The zero-order chi connectivity index (χ0) is 32.0. The second-order valence-electron chi connectivity index (χ2n) is 13.7. The summed E-state index contributed by atoms with van der Waals surface area (Å²) in [6.45, 7) is 19.6. The summed E-state index contributed by atoms with van der Waals surface area (Å²) in [4.78, 5) is 29.7. The van der Waals surface area contributed by atoms with Gasteiger partial charge in [0.25, 0.3) is 0 Å². The number of aromatic nitrogens is 2. The fourth-order valence-corrected chi connectivity index (χ4v) is 24.7. The molecule has 12 heteroatoms. The van der Waals surface area contributed by atoms with Crippen molar-refractivity contribution in [2.75, 3.05) is 5.32 Å². The van der Waals surface area contributed by atoms with Crippen LogP contribution in [0.4, 0.5) is 5.82 Å². The molecule has 1 spiro atoms. The molecule has 0 radical (unpaired) electrons. The van der Waals surface area contributed by atoms with Crippen LogP contribution in [0.2, 0.25) is 27.0 Å². The molecule has 3 aliphatic rings. The van der Waals surface area contributed by atoms with Crippen LogP contribution < -0.4 is 15.5 Å². The molecule has 2 aliphatic heterocycles. The summed E-state index contributed by atoms with van der Waals surface area (Å²) < 4.78 is 25.8. The van der Waals surface area contributed by atoms with Gasteiger partial charge in [-0.05, 0) is 0 Å². The Kier molecular flexibility index (Phi) is 10.2. The number of nitrogens with zero attached hydrogens (tertiary/aromatic N) is 2. The predicted molar refractivity (Wildman–Crippen MR) is 184 cm³/mol. The van der Waals surface area contributed by atoms with Crippen molar-refractivity contribution in [3.05, 3.63) is 53.1 Å². The van der Waals surface area contributed by atoms with E-state index in [-0.39, 0.29) is 81.7 Å². The normalized spacial score (nSPS) is 29.5. The van der Waals surface area contributed by atoms with E-state index >= 15 is 0 Å². The molecular weight excluding hydrogens is 674 g/mol. The molecule has 0 unspecified atom stereocenters. The minimum absolute atomic E-state index is 0.00606. The van der Waals surface area contributed by atoms with Crippen molar-refractivity contribution in [1.29, 1.82) is 0 Å². The molecule has 1 aromatic carbocycles. The number of benzene rings is 1. The summed E-state index contributed by atoms with van der Waals surface area (Å²) >= 11 is 1.88. The third kappa shape index (κ3) is 5.98. The zero-order valence-corrected chi connectivity index (χ0v) is 32.1. The van der Waals surface area contributed by atoms with Crippen LogP contribution in [-0.4, -0.2) is 64.5 Å². The van der Waals surface area contributed by atoms with E-state index in [0.29, 0.717) is 0 Å². The number of thioether (sulfide) groups is 1. The molecule has 1 aromatic heterocycles. The minimum atomic E-state index is -2.88. The molecule has 3 heterocycles. The van der Waals surface area contributed by atoms with E-state index in [0.717, 1.165) is 19.3 Å². The molecule has 1 amide bonds. The Balaban J connectivity index is 1.71. The van der Waals surface area contributed by atoms with Gasteiger partial charge in [-0.3, -0.25) is 0 Å². The van der Waals surface area contributed by atoms with Crippen molar-refractivity contribution in [3.63, 3.8) is 0 Å². The molecule has 1 N–H and O–H groups in total. The average Bonchev–Trinajstić information content (AvgIpc) is 3.46. The van der Waals surface area contributed by atoms with E-state index in [1.165, 1.54) is 11.4 Å². The Labute approximate surface area is 275 Å². The van der Waals surface area contributed by atoms with Crippen LogP contribution in [0.1, 0.15) is 86.9 Å². The van der Waals surface area contributed by atoms with E-state index in [1.54, 1.807) is 16.8 Å². The molecule has 8 nitrogen and oxygen atoms in total. The predicted octanol–water partition coefficient (Wildman–Crippen LogP) is 6.51. The van der Waals surface area contributed by atoms with Crippen LogP contribution in [-0.2, 0) is 17.8 Å². The molecule has 0 bridgehead atoms. The van der Waals surface area contributed by atoms with Crippen LogP contribution >= 0.6 is 11.8 Å². The Morgan fingerprint density at radius 1 is 1.00 bits per heavy atom. The number of nitrogens with one attached hydrogen (secondary N) is 1. The summed E-state index contributed by atoms with van der Waals surface area (Å²) in [5, 5.41) is 2.48. The van der Waals surface area contributed by atoms with Crippen molar-refractivity contribution < 1.29 is 17.8 Å². The Bertz CT molecular complexity index is 1380. The monoisotopic (exact) mass is 723 g/mol. The average molecular weight is 723 g/mol. The fraction of sp³-hybridized carbons (Fsp3) is 0.656. The Hall–Kier alpha value is -1.25.